The number of benzene rings is 1. The van der Waals surface area contributed by atoms with Gasteiger partial charge in [-0.3, -0.25) is 14.5 Å². The normalized spacial score (nSPS) is 20.0. The lowest BCUT2D eigenvalue weighted by atomic mass is 10.2. The minimum Gasteiger partial charge on any atom is -0.371 e. The van der Waals surface area contributed by atoms with Gasteiger partial charge in [0, 0.05) is 15.0 Å². The van der Waals surface area contributed by atoms with Crippen LogP contribution in [-0.2, 0) is 9.59 Å². The molecule has 1 aromatic rings. The second kappa shape index (κ2) is 6.48. The molecule has 21 heavy (non-hydrogen) atoms. The van der Waals surface area contributed by atoms with E-state index in [0.29, 0.717) is 0 Å². The van der Waals surface area contributed by atoms with Gasteiger partial charge in [0.25, 0.3) is 5.91 Å². The number of nitrogens with one attached hydrogen (secondary N) is 1. The number of anilines is 1. The summed E-state index contributed by atoms with van der Waals surface area (Å²) >= 11 is 6.99. The van der Waals surface area contributed by atoms with E-state index in [4.69, 9.17) is 0 Å². The van der Waals surface area contributed by atoms with Crippen molar-refractivity contribution in [1.82, 2.24) is 4.90 Å². The molecule has 1 aromatic carbocycles. The van der Waals surface area contributed by atoms with Crippen LogP contribution in [0.3, 0.4) is 0 Å². The second-order valence-electron chi connectivity index (χ2n) is 5.36. The molecule has 1 heterocycles. The van der Waals surface area contributed by atoms with Crippen molar-refractivity contribution in [2.45, 2.75) is 45.7 Å². The Kier molecular flexibility index (Phi) is 5.09. The molecule has 2 unspecified atom stereocenters. The van der Waals surface area contributed by atoms with E-state index in [1.807, 2.05) is 32.9 Å². The minimum absolute atomic E-state index is 0.0540. The number of hydrogen-bond donors (Lipinski definition) is 1. The first-order valence-electron chi connectivity index (χ1n) is 6.93. The van der Waals surface area contributed by atoms with Crippen molar-refractivity contribution >= 4 is 49.4 Å². The molecule has 2 amide bonds. The van der Waals surface area contributed by atoms with Crippen LogP contribution < -0.4 is 5.32 Å². The third-order valence-electron chi connectivity index (χ3n) is 3.72. The van der Waals surface area contributed by atoms with Crippen molar-refractivity contribution in [1.29, 1.82) is 0 Å². The molecule has 1 N–H and O–H groups in total. The number of rotatable bonds is 4. The molecule has 1 aliphatic heterocycles. The first-order valence-corrected chi connectivity index (χ1v) is 8.51. The van der Waals surface area contributed by atoms with Gasteiger partial charge in [0.1, 0.15) is 6.04 Å². The molecule has 6 heteroatoms. The van der Waals surface area contributed by atoms with E-state index in [9.17, 15) is 9.59 Å². The summed E-state index contributed by atoms with van der Waals surface area (Å²) in [6, 6.07) is 3.39. The summed E-state index contributed by atoms with van der Waals surface area (Å²) in [5.74, 6) is -0.250. The molecule has 0 radical (unpaired) electrons. The Balaban J connectivity index is 2.22. The van der Waals surface area contributed by atoms with Crippen molar-refractivity contribution in [3.05, 3.63) is 26.6 Å². The van der Waals surface area contributed by atoms with Crippen LogP contribution >= 0.6 is 31.9 Å². The highest BCUT2D eigenvalue weighted by Crippen LogP contribution is 2.34. The average molecular weight is 418 g/mol. The Bertz CT molecular complexity index is 566. The van der Waals surface area contributed by atoms with Gasteiger partial charge in [-0.2, -0.15) is 0 Å². The van der Waals surface area contributed by atoms with E-state index in [-0.39, 0.29) is 24.3 Å². The lowest BCUT2D eigenvalue weighted by Gasteiger charge is -2.22. The maximum Gasteiger partial charge on any atom is 0.252 e. The summed E-state index contributed by atoms with van der Waals surface area (Å²) in [5, 5.41) is 3.19. The Hall–Kier alpha value is -0.880. The van der Waals surface area contributed by atoms with Crippen LogP contribution in [-0.4, -0.2) is 28.8 Å². The second-order valence-corrected chi connectivity index (χ2v) is 7.07. The molecule has 0 bridgehead atoms. The number of carbonyl (C=O) groups excluding carboxylic acids is 2. The first kappa shape index (κ1) is 16.5. The third-order valence-corrected chi connectivity index (χ3v) is 4.97. The zero-order valence-electron chi connectivity index (χ0n) is 12.2. The molecule has 114 valence electrons. The van der Waals surface area contributed by atoms with E-state index in [2.05, 4.69) is 37.2 Å². The van der Waals surface area contributed by atoms with Gasteiger partial charge in [0.15, 0.2) is 0 Å². The number of aryl methyl sites for hydroxylation is 1. The lowest BCUT2D eigenvalue weighted by Crippen LogP contribution is -2.40. The van der Waals surface area contributed by atoms with Crippen molar-refractivity contribution in [3.8, 4) is 0 Å². The summed E-state index contributed by atoms with van der Waals surface area (Å²) in [6.45, 7) is 5.86. The summed E-state index contributed by atoms with van der Waals surface area (Å²) in [4.78, 5) is 25.9. The standard InChI is InChI=1S/C15H18Br2N2O2/c1-4-9(3)19-13(20)7-12(15(19)21)18-14-10(16)5-8(2)6-11(14)17/h5-6,9,12,18H,4,7H2,1-3H3. The molecule has 0 spiro atoms. The molecule has 2 atom stereocenters. The van der Waals surface area contributed by atoms with Crippen LogP contribution in [0.5, 0.6) is 0 Å². The maximum atomic E-state index is 12.4. The van der Waals surface area contributed by atoms with E-state index in [1.54, 1.807) is 0 Å². The average Bonchev–Trinajstić information content (AvgIpc) is 2.68. The SMILES string of the molecule is CCC(C)N1C(=O)CC(Nc2c(Br)cc(C)cc2Br)C1=O. The van der Waals surface area contributed by atoms with Crippen LogP contribution in [0.15, 0.2) is 21.1 Å². The Morgan fingerprint density at radius 2 is 1.90 bits per heavy atom. The Morgan fingerprint density at radius 1 is 1.33 bits per heavy atom. The van der Waals surface area contributed by atoms with Crippen molar-refractivity contribution in [2.75, 3.05) is 5.32 Å². The molecular formula is C15H18Br2N2O2. The number of halogens is 2. The fraction of sp³-hybridized carbons (Fsp3) is 0.467. The first-order chi connectivity index (χ1) is 9.85. The number of carbonyl (C=O) groups is 2. The quantitative estimate of drug-likeness (QED) is 0.756. The van der Waals surface area contributed by atoms with Gasteiger partial charge >= 0.3 is 0 Å². The molecule has 4 nitrogen and oxygen atoms in total. The van der Waals surface area contributed by atoms with Gasteiger partial charge in [-0.1, -0.05) is 6.92 Å². The highest BCUT2D eigenvalue weighted by atomic mass is 79.9. The fourth-order valence-electron chi connectivity index (χ4n) is 2.42. The van der Waals surface area contributed by atoms with Gasteiger partial charge < -0.3 is 5.32 Å². The summed E-state index contributed by atoms with van der Waals surface area (Å²) < 4.78 is 1.74. The lowest BCUT2D eigenvalue weighted by molar-refractivity contribution is -0.140. The Morgan fingerprint density at radius 3 is 2.43 bits per heavy atom. The molecule has 1 fully saturated rings. The topological polar surface area (TPSA) is 49.4 Å². The molecule has 0 aliphatic carbocycles. The highest BCUT2D eigenvalue weighted by Gasteiger charge is 2.40. The fourth-order valence-corrected chi connectivity index (χ4v) is 4.07. The van der Waals surface area contributed by atoms with Gasteiger partial charge in [-0.05, 0) is 69.8 Å². The van der Waals surface area contributed by atoms with Crippen LogP contribution in [0.4, 0.5) is 5.69 Å². The minimum atomic E-state index is -0.498. The van der Waals surface area contributed by atoms with Gasteiger partial charge in [0.05, 0.1) is 12.1 Å². The maximum absolute atomic E-state index is 12.4. The largest absolute Gasteiger partial charge is 0.371 e. The molecule has 0 saturated carbocycles. The van der Waals surface area contributed by atoms with Crippen LogP contribution in [0.25, 0.3) is 0 Å². The molecule has 0 aromatic heterocycles. The zero-order valence-corrected chi connectivity index (χ0v) is 15.4. The third kappa shape index (κ3) is 3.31. The van der Waals surface area contributed by atoms with E-state index in [1.165, 1.54) is 4.90 Å². The van der Waals surface area contributed by atoms with Gasteiger partial charge in [0.2, 0.25) is 5.91 Å². The van der Waals surface area contributed by atoms with Crippen molar-refractivity contribution < 1.29 is 9.59 Å². The smallest absolute Gasteiger partial charge is 0.252 e. The summed E-state index contributed by atoms with van der Waals surface area (Å²) in [7, 11) is 0. The number of imide groups is 1. The van der Waals surface area contributed by atoms with Gasteiger partial charge in [-0.15, -0.1) is 0 Å². The van der Waals surface area contributed by atoms with E-state index >= 15 is 0 Å². The highest BCUT2D eigenvalue weighted by molar-refractivity contribution is 9.11. The molecular weight excluding hydrogens is 400 g/mol. The summed E-state index contributed by atoms with van der Waals surface area (Å²) in [5.41, 5.74) is 1.91. The monoisotopic (exact) mass is 416 g/mol. The predicted octanol–water partition coefficient (Wildman–Crippen LogP) is 3.86. The number of hydrogen-bond acceptors (Lipinski definition) is 3. The molecule has 1 saturated heterocycles. The number of amides is 2. The van der Waals surface area contributed by atoms with Crippen LogP contribution in [0, 0.1) is 6.92 Å². The zero-order chi connectivity index (χ0) is 15.7. The van der Waals surface area contributed by atoms with Crippen LogP contribution in [0.1, 0.15) is 32.3 Å². The van der Waals surface area contributed by atoms with Crippen molar-refractivity contribution in [3.63, 3.8) is 0 Å². The van der Waals surface area contributed by atoms with Crippen molar-refractivity contribution in [2.24, 2.45) is 0 Å². The van der Waals surface area contributed by atoms with E-state index < -0.39 is 6.04 Å². The van der Waals surface area contributed by atoms with Gasteiger partial charge in [-0.25, -0.2) is 0 Å². The Labute approximate surface area is 141 Å². The molecule has 2 rings (SSSR count). The predicted molar refractivity (Wildman–Crippen MR) is 90.2 cm³/mol. The summed E-state index contributed by atoms with van der Waals surface area (Å²) in [6.07, 6.45) is 0.970. The van der Waals surface area contributed by atoms with Crippen LogP contribution in [0.2, 0.25) is 0 Å². The number of nitrogens with zero attached hydrogens (tertiary/aromatic N) is 1. The molecule has 1 aliphatic rings. The number of likely N-dealkylation sites (tertiary alicyclic amines) is 1. The van der Waals surface area contributed by atoms with E-state index in [0.717, 1.165) is 26.6 Å².